The van der Waals surface area contributed by atoms with E-state index in [-0.39, 0.29) is 27.7 Å². The Labute approximate surface area is 185 Å². The van der Waals surface area contributed by atoms with Crippen LogP contribution in [0.25, 0.3) is 22.3 Å². The van der Waals surface area contributed by atoms with Crippen molar-refractivity contribution in [2.75, 3.05) is 0 Å². The Morgan fingerprint density at radius 3 is 2.47 bits per heavy atom. The summed E-state index contributed by atoms with van der Waals surface area (Å²) in [6.45, 7) is 0. The van der Waals surface area contributed by atoms with Gasteiger partial charge >= 0.3 is 5.97 Å². The highest BCUT2D eigenvalue weighted by atomic mass is 35.5. The molecule has 0 aliphatic heterocycles. The van der Waals surface area contributed by atoms with Gasteiger partial charge in [0, 0.05) is 6.20 Å². The predicted octanol–water partition coefficient (Wildman–Crippen LogP) is 5.29. The van der Waals surface area contributed by atoms with E-state index in [2.05, 4.69) is 10.1 Å². The number of carbonyl (C=O) groups excluding carboxylic acids is 1. The van der Waals surface area contributed by atoms with Gasteiger partial charge in [0.1, 0.15) is 22.8 Å². The molecule has 1 aliphatic rings. The van der Waals surface area contributed by atoms with E-state index < -0.39 is 34.6 Å². The van der Waals surface area contributed by atoms with Gasteiger partial charge in [0.25, 0.3) is 5.91 Å². The van der Waals surface area contributed by atoms with Gasteiger partial charge in [-0.15, -0.1) is 0 Å². The molecule has 0 spiro atoms. The number of aromatic carboxylic acids is 1. The Hall–Kier alpha value is -3.65. The Morgan fingerprint density at radius 2 is 1.81 bits per heavy atom. The van der Waals surface area contributed by atoms with Crippen LogP contribution < -0.4 is 0 Å². The minimum absolute atomic E-state index is 0.0988. The van der Waals surface area contributed by atoms with Crippen LogP contribution in [-0.2, 0) is 0 Å². The molecule has 2 heterocycles. The SMILES string of the molecule is O=C(O)c1cc(F)c(-c2nn(C(=O)c3c(Cl)cccc3C3CC3)c3cccnc23)c(F)c1. The standard InChI is InChI=1S/C23H14ClF2N3O3/c24-14-4-1-3-13(11-6-7-11)18(14)22(30)29-17-5-2-8-27-20(17)21(28-29)19-15(25)9-12(23(31)32)10-16(19)26/h1-5,8-11H,6-7H2,(H,31,32). The van der Waals surface area contributed by atoms with Crippen molar-refractivity contribution in [2.24, 2.45) is 0 Å². The van der Waals surface area contributed by atoms with Gasteiger partial charge in [-0.3, -0.25) is 9.78 Å². The number of nitrogens with zero attached hydrogens (tertiary/aromatic N) is 3. The van der Waals surface area contributed by atoms with E-state index in [0.717, 1.165) is 23.1 Å². The van der Waals surface area contributed by atoms with E-state index in [9.17, 15) is 18.4 Å². The maximum Gasteiger partial charge on any atom is 0.335 e. The summed E-state index contributed by atoms with van der Waals surface area (Å²) in [5, 5.41) is 13.5. The van der Waals surface area contributed by atoms with Crippen LogP contribution in [0, 0.1) is 11.6 Å². The third kappa shape index (κ3) is 3.23. The zero-order valence-electron chi connectivity index (χ0n) is 16.3. The lowest BCUT2D eigenvalue weighted by molar-refractivity contribution is 0.0695. The molecule has 0 radical (unpaired) electrons. The first kappa shape index (κ1) is 20.3. The summed E-state index contributed by atoms with van der Waals surface area (Å²) in [4.78, 5) is 28.8. The number of carboxylic acids is 1. The van der Waals surface area contributed by atoms with Gasteiger partial charge in [-0.2, -0.15) is 9.78 Å². The molecule has 0 saturated heterocycles. The molecule has 2 aromatic heterocycles. The molecule has 2 aromatic carbocycles. The number of carbonyl (C=O) groups is 2. The molecule has 0 atom stereocenters. The second-order valence-corrected chi connectivity index (χ2v) is 7.94. The highest BCUT2D eigenvalue weighted by molar-refractivity contribution is 6.34. The summed E-state index contributed by atoms with van der Waals surface area (Å²) in [5.74, 6) is -4.02. The van der Waals surface area contributed by atoms with E-state index in [1.807, 2.05) is 6.07 Å². The van der Waals surface area contributed by atoms with Crippen molar-refractivity contribution in [3.63, 3.8) is 0 Å². The Kier molecular flexibility index (Phi) is 4.74. The normalized spacial score (nSPS) is 13.5. The topological polar surface area (TPSA) is 85.1 Å². The molecule has 0 bridgehead atoms. The monoisotopic (exact) mass is 453 g/mol. The number of hydrogen-bond acceptors (Lipinski definition) is 4. The molecule has 1 fully saturated rings. The first-order valence-electron chi connectivity index (χ1n) is 9.76. The minimum atomic E-state index is -1.47. The van der Waals surface area contributed by atoms with Gasteiger partial charge in [0.15, 0.2) is 0 Å². The maximum absolute atomic E-state index is 14.8. The zero-order valence-corrected chi connectivity index (χ0v) is 17.1. The summed E-state index contributed by atoms with van der Waals surface area (Å²) in [6.07, 6.45) is 3.30. The Balaban J connectivity index is 1.73. The number of rotatable bonds is 4. The molecular weight excluding hydrogens is 440 g/mol. The number of halogens is 3. The highest BCUT2D eigenvalue weighted by Gasteiger charge is 2.31. The fraction of sp³-hybridized carbons (Fsp3) is 0.130. The second-order valence-electron chi connectivity index (χ2n) is 7.54. The van der Waals surface area contributed by atoms with Crippen molar-refractivity contribution in [2.45, 2.75) is 18.8 Å². The quantitative estimate of drug-likeness (QED) is 0.453. The fourth-order valence-corrected chi connectivity index (χ4v) is 4.07. The lowest BCUT2D eigenvalue weighted by atomic mass is 10.0. The van der Waals surface area contributed by atoms with Gasteiger partial charge in [-0.1, -0.05) is 23.7 Å². The van der Waals surface area contributed by atoms with Crippen LogP contribution in [0.2, 0.25) is 5.02 Å². The summed E-state index contributed by atoms with van der Waals surface area (Å²) < 4.78 is 30.6. The molecule has 0 unspecified atom stereocenters. The average molecular weight is 454 g/mol. The number of pyridine rings is 1. The van der Waals surface area contributed by atoms with Crippen molar-refractivity contribution >= 4 is 34.5 Å². The van der Waals surface area contributed by atoms with Crippen molar-refractivity contribution in [1.82, 2.24) is 14.8 Å². The van der Waals surface area contributed by atoms with Crippen LogP contribution in [0.5, 0.6) is 0 Å². The molecule has 32 heavy (non-hydrogen) atoms. The largest absolute Gasteiger partial charge is 0.478 e. The van der Waals surface area contributed by atoms with E-state index in [1.165, 1.54) is 6.20 Å². The number of aromatic nitrogens is 3. The van der Waals surface area contributed by atoms with E-state index in [4.69, 9.17) is 16.7 Å². The molecule has 9 heteroatoms. The first-order chi connectivity index (χ1) is 15.4. The third-order valence-corrected chi connectivity index (χ3v) is 5.75. The Morgan fingerprint density at radius 1 is 1.09 bits per heavy atom. The van der Waals surface area contributed by atoms with Gasteiger partial charge in [0.2, 0.25) is 0 Å². The summed E-state index contributed by atoms with van der Waals surface area (Å²) in [5.41, 5.74) is 0.129. The summed E-state index contributed by atoms with van der Waals surface area (Å²) in [7, 11) is 0. The summed E-state index contributed by atoms with van der Waals surface area (Å²) >= 11 is 6.37. The van der Waals surface area contributed by atoms with Crippen LogP contribution in [0.3, 0.4) is 0 Å². The van der Waals surface area contributed by atoms with Crippen molar-refractivity contribution in [1.29, 1.82) is 0 Å². The van der Waals surface area contributed by atoms with Gasteiger partial charge in [-0.05, 0) is 54.7 Å². The maximum atomic E-state index is 14.8. The second kappa shape index (κ2) is 7.49. The van der Waals surface area contributed by atoms with Gasteiger partial charge in [-0.25, -0.2) is 13.6 Å². The molecule has 0 amide bonds. The molecule has 4 aromatic rings. The van der Waals surface area contributed by atoms with Gasteiger partial charge in [0.05, 0.1) is 27.2 Å². The zero-order chi connectivity index (χ0) is 22.6. The van der Waals surface area contributed by atoms with Gasteiger partial charge < -0.3 is 5.11 Å². The number of fused-ring (bicyclic) bond motifs is 1. The van der Waals surface area contributed by atoms with E-state index in [1.54, 1.807) is 24.3 Å². The lowest BCUT2D eigenvalue weighted by Crippen LogP contribution is -2.16. The molecule has 1 N–H and O–H groups in total. The molecule has 5 rings (SSSR count). The molecule has 160 valence electrons. The smallest absolute Gasteiger partial charge is 0.335 e. The van der Waals surface area contributed by atoms with Crippen molar-refractivity contribution in [3.05, 3.63) is 82.0 Å². The minimum Gasteiger partial charge on any atom is -0.478 e. The van der Waals surface area contributed by atoms with Crippen LogP contribution in [0.4, 0.5) is 8.78 Å². The van der Waals surface area contributed by atoms with Crippen molar-refractivity contribution < 1.29 is 23.5 Å². The molecule has 1 saturated carbocycles. The summed E-state index contributed by atoms with van der Waals surface area (Å²) in [6, 6.07) is 9.76. The van der Waals surface area contributed by atoms with Crippen LogP contribution in [-0.4, -0.2) is 31.7 Å². The van der Waals surface area contributed by atoms with E-state index >= 15 is 0 Å². The molecule has 6 nitrogen and oxygen atoms in total. The molecule has 1 aliphatic carbocycles. The van der Waals surface area contributed by atoms with Crippen LogP contribution in [0.15, 0.2) is 48.7 Å². The third-order valence-electron chi connectivity index (χ3n) is 5.43. The average Bonchev–Trinajstić information content (AvgIpc) is 3.54. The number of benzene rings is 2. The van der Waals surface area contributed by atoms with Crippen molar-refractivity contribution in [3.8, 4) is 11.3 Å². The van der Waals surface area contributed by atoms with Crippen LogP contribution >= 0.6 is 11.6 Å². The fourth-order valence-electron chi connectivity index (χ4n) is 3.80. The number of hydrogen-bond donors (Lipinski definition) is 1. The van der Waals surface area contributed by atoms with Crippen LogP contribution in [0.1, 0.15) is 45.0 Å². The molecular formula is C23H14ClF2N3O3. The highest BCUT2D eigenvalue weighted by Crippen LogP contribution is 2.43. The Bertz CT molecular complexity index is 1410. The predicted molar refractivity (Wildman–Crippen MR) is 113 cm³/mol. The first-order valence-corrected chi connectivity index (χ1v) is 10.1. The van der Waals surface area contributed by atoms with E-state index in [0.29, 0.717) is 17.7 Å². The number of carboxylic acid groups (broad SMARTS) is 1. The lowest BCUT2D eigenvalue weighted by Gasteiger charge is -2.10.